The van der Waals surface area contributed by atoms with Crippen LogP contribution in [0.2, 0.25) is 0 Å². The molecule has 0 spiro atoms. The van der Waals surface area contributed by atoms with E-state index in [1.54, 1.807) is 25.3 Å². The van der Waals surface area contributed by atoms with Crippen molar-refractivity contribution in [1.29, 1.82) is 0 Å². The number of nitrogen functional groups attached to an aromatic ring is 1. The van der Waals surface area contributed by atoms with Gasteiger partial charge in [-0.2, -0.15) is 0 Å². The standard InChI is InChI=1S/C20H17NO3/c1-23-15-4-2-3-12(10-15)9-13-5-7-17-19(22)16-8-6-14(21)11-18(16)24-20(13)17/h2-4,6,8-11H,5,7,21H2,1H3/b13-9+. The highest BCUT2D eigenvalue weighted by molar-refractivity contribution is 5.88. The molecule has 4 rings (SSSR count). The maximum atomic E-state index is 12.7. The summed E-state index contributed by atoms with van der Waals surface area (Å²) in [6.07, 6.45) is 3.54. The largest absolute Gasteiger partial charge is 0.497 e. The fourth-order valence-electron chi connectivity index (χ4n) is 3.18. The van der Waals surface area contributed by atoms with Gasteiger partial charge in [0.2, 0.25) is 0 Å². The molecule has 0 bridgehead atoms. The molecule has 0 amide bonds. The van der Waals surface area contributed by atoms with Gasteiger partial charge in [0, 0.05) is 17.3 Å². The van der Waals surface area contributed by atoms with E-state index in [4.69, 9.17) is 14.9 Å². The van der Waals surface area contributed by atoms with Gasteiger partial charge in [-0.15, -0.1) is 0 Å². The maximum absolute atomic E-state index is 12.7. The number of allylic oxidation sites excluding steroid dienone is 1. The van der Waals surface area contributed by atoms with Crippen LogP contribution >= 0.6 is 0 Å². The Balaban J connectivity index is 1.87. The first-order chi connectivity index (χ1) is 11.7. The quantitative estimate of drug-likeness (QED) is 0.728. The lowest BCUT2D eigenvalue weighted by Gasteiger charge is -2.05. The lowest BCUT2D eigenvalue weighted by molar-refractivity contribution is 0.414. The average molecular weight is 319 g/mol. The first kappa shape index (κ1) is 14.6. The van der Waals surface area contributed by atoms with Crippen LogP contribution in [0.4, 0.5) is 5.69 Å². The predicted molar refractivity (Wildman–Crippen MR) is 96.1 cm³/mol. The number of methoxy groups -OCH3 is 1. The molecule has 0 radical (unpaired) electrons. The van der Waals surface area contributed by atoms with Crippen LogP contribution in [0.3, 0.4) is 0 Å². The van der Waals surface area contributed by atoms with Gasteiger partial charge in [0.1, 0.15) is 17.1 Å². The van der Waals surface area contributed by atoms with Crippen molar-refractivity contribution in [3.63, 3.8) is 0 Å². The van der Waals surface area contributed by atoms with Gasteiger partial charge in [0.15, 0.2) is 5.43 Å². The molecule has 1 aliphatic rings. The second-order valence-corrected chi connectivity index (χ2v) is 5.94. The second kappa shape index (κ2) is 5.57. The number of benzene rings is 2. The molecule has 4 nitrogen and oxygen atoms in total. The Bertz CT molecular complexity index is 1030. The van der Waals surface area contributed by atoms with E-state index < -0.39 is 0 Å². The van der Waals surface area contributed by atoms with Gasteiger partial charge in [0.05, 0.1) is 12.5 Å². The van der Waals surface area contributed by atoms with Crippen LogP contribution in [0.15, 0.2) is 51.7 Å². The summed E-state index contributed by atoms with van der Waals surface area (Å²) in [5.74, 6) is 1.48. The number of hydrogen-bond donors (Lipinski definition) is 1. The molecule has 0 atom stereocenters. The molecule has 4 heteroatoms. The normalized spacial score (nSPS) is 15.0. The Hall–Kier alpha value is -3.01. The van der Waals surface area contributed by atoms with E-state index in [0.717, 1.165) is 28.9 Å². The van der Waals surface area contributed by atoms with Crippen molar-refractivity contribution >= 4 is 28.3 Å². The number of nitrogens with two attached hydrogens (primary N) is 1. The van der Waals surface area contributed by atoms with E-state index in [1.165, 1.54) is 0 Å². The van der Waals surface area contributed by atoms with Crippen LogP contribution in [0, 0.1) is 0 Å². The molecule has 0 saturated carbocycles. The molecule has 2 N–H and O–H groups in total. The summed E-state index contributed by atoms with van der Waals surface area (Å²) < 4.78 is 11.3. The molecule has 1 aliphatic carbocycles. The fraction of sp³-hybridized carbons (Fsp3) is 0.150. The molecule has 1 heterocycles. The number of hydrogen-bond acceptors (Lipinski definition) is 4. The van der Waals surface area contributed by atoms with E-state index in [0.29, 0.717) is 28.8 Å². The van der Waals surface area contributed by atoms with Gasteiger partial charge in [0.25, 0.3) is 0 Å². The van der Waals surface area contributed by atoms with E-state index in [-0.39, 0.29) is 5.43 Å². The third-order valence-electron chi connectivity index (χ3n) is 4.38. The molecule has 1 aromatic heterocycles. The van der Waals surface area contributed by atoms with Gasteiger partial charge in [-0.25, -0.2) is 0 Å². The van der Waals surface area contributed by atoms with Crippen LogP contribution in [-0.2, 0) is 6.42 Å². The molecular weight excluding hydrogens is 302 g/mol. The summed E-state index contributed by atoms with van der Waals surface area (Å²) in [6, 6.07) is 13.0. The summed E-state index contributed by atoms with van der Waals surface area (Å²) in [4.78, 5) is 12.7. The number of ether oxygens (including phenoxy) is 1. The zero-order valence-electron chi connectivity index (χ0n) is 13.3. The number of fused-ring (bicyclic) bond motifs is 2. The zero-order chi connectivity index (χ0) is 16.7. The summed E-state index contributed by atoms with van der Waals surface area (Å²) in [6.45, 7) is 0. The molecule has 0 fully saturated rings. The zero-order valence-corrected chi connectivity index (χ0v) is 13.3. The van der Waals surface area contributed by atoms with Crippen LogP contribution in [0.25, 0.3) is 22.6 Å². The Labute approximate surface area is 139 Å². The van der Waals surface area contributed by atoms with Gasteiger partial charge in [-0.1, -0.05) is 12.1 Å². The molecule has 120 valence electrons. The molecule has 3 aromatic rings. The minimum atomic E-state index is 0.0419. The van der Waals surface area contributed by atoms with Crippen molar-refractivity contribution in [3.05, 3.63) is 69.6 Å². The highest BCUT2D eigenvalue weighted by Crippen LogP contribution is 2.34. The topological polar surface area (TPSA) is 65.5 Å². The van der Waals surface area contributed by atoms with Gasteiger partial charge >= 0.3 is 0 Å². The third-order valence-corrected chi connectivity index (χ3v) is 4.38. The number of anilines is 1. The Morgan fingerprint density at radius 1 is 1.17 bits per heavy atom. The van der Waals surface area contributed by atoms with Crippen molar-refractivity contribution in [2.24, 2.45) is 0 Å². The highest BCUT2D eigenvalue weighted by atomic mass is 16.5. The van der Waals surface area contributed by atoms with Crippen molar-refractivity contribution in [3.8, 4) is 5.75 Å². The molecule has 0 unspecified atom stereocenters. The fourth-order valence-corrected chi connectivity index (χ4v) is 3.18. The summed E-state index contributed by atoms with van der Waals surface area (Å²) >= 11 is 0. The highest BCUT2D eigenvalue weighted by Gasteiger charge is 2.23. The molecule has 0 aliphatic heterocycles. The van der Waals surface area contributed by atoms with Crippen LogP contribution < -0.4 is 15.9 Å². The van der Waals surface area contributed by atoms with E-state index in [2.05, 4.69) is 6.08 Å². The summed E-state index contributed by atoms with van der Waals surface area (Å²) in [5, 5.41) is 0.589. The Kier molecular flexibility index (Phi) is 3.38. The predicted octanol–water partition coefficient (Wildman–Crippen LogP) is 3.87. The van der Waals surface area contributed by atoms with Crippen molar-refractivity contribution in [2.45, 2.75) is 12.8 Å². The van der Waals surface area contributed by atoms with Crippen LogP contribution in [0.5, 0.6) is 5.75 Å². The lowest BCUT2D eigenvalue weighted by Crippen LogP contribution is -2.08. The third kappa shape index (κ3) is 2.36. The monoisotopic (exact) mass is 319 g/mol. The lowest BCUT2D eigenvalue weighted by atomic mass is 10.1. The summed E-state index contributed by atoms with van der Waals surface area (Å²) in [5.41, 5.74) is 9.78. The van der Waals surface area contributed by atoms with Crippen molar-refractivity contribution < 1.29 is 9.15 Å². The van der Waals surface area contributed by atoms with Gasteiger partial charge in [-0.05, 0) is 54.3 Å². The van der Waals surface area contributed by atoms with Crippen molar-refractivity contribution in [1.82, 2.24) is 0 Å². The van der Waals surface area contributed by atoms with Crippen LogP contribution in [0.1, 0.15) is 23.3 Å². The molecule has 2 aromatic carbocycles. The first-order valence-corrected chi connectivity index (χ1v) is 7.86. The minimum Gasteiger partial charge on any atom is -0.497 e. The van der Waals surface area contributed by atoms with Gasteiger partial charge in [-0.3, -0.25) is 4.79 Å². The van der Waals surface area contributed by atoms with E-state index >= 15 is 0 Å². The maximum Gasteiger partial charge on any atom is 0.196 e. The van der Waals surface area contributed by atoms with E-state index in [9.17, 15) is 4.79 Å². The number of rotatable bonds is 2. The second-order valence-electron chi connectivity index (χ2n) is 5.94. The average Bonchev–Trinajstić information content (AvgIpc) is 2.98. The van der Waals surface area contributed by atoms with Gasteiger partial charge < -0.3 is 14.9 Å². The summed E-state index contributed by atoms with van der Waals surface area (Å²) in [7, 11) is 1.65. The molecule has 24 heavy (non-hydrogen) atoms. The smallest absolute Gasteiger partial charge is 0.196 e. The Morgan fingerprint density at radius 2 is 2.04 bits per heavy atom. The van der Waals surface area contributed by atoms with Crippen molar-refractivity contribution in [2.75, 3.05) is 12.8 Å². The van der Waals surface area contributed by atoms with E-state index in [1.807, 2.05) is 24.3 Å². The molecule has 0 saturated heterocycles. The minimum absolute atomic E-state index is 0.0419. The first-order valence-electron chi connectivity index (χ1n) is 7.86. The Morgan fingerprint density at radius 3 is 2.88 bits per heavy atom. The van der Waals surface area contributed by atoms with Crippen LogP contribution in [-0.4, -0.2) is 7.11 Å². The SMILES string of the molecule is COc1cccc(/C=C2\CCc3c2oc2cc(N)ccc2c3=O)c1. The molecular formula is C20H17NO3.